The first-order chi connectivity index (χ1) is 8.88. The van der Waals surface area contributed by atoms with Crippen molar-refractivity contribution in [1.82, 2.24) is 9.21 Å². The minimum Gasteiger partial charge on any atom is -0.480 e. The van der Waals surface area contributed by atoms with Crippen LogP contribution >= 0.6 is 0 Å². The van der Waals surface area contributed by atoms with Gasteiger partial charge in [-0.05, 0) is 32.4 Å². The van der Waals surface area contributed by atoms with Gasteiger partial charge in [0.1, 0.15) is 0 Å². The zero-order chi connectivity index (χ0) is 14.0. The van der Waals surface area contributed by atoms with Crippen molar-refractivity contribution in [2.45, 2.75) is 31.3 Å². The summed E-state index contributed by atoms with van der Waals surface area (Å²) in [5.41, 5.74) is 5.85. The van der Waals surface area contributed by atoms with Crippen molar-refractivity contribution in [2.24, 2.45) is 5.73 Å². The average Bonchev–Trinajstić information content (AvgIpc) is 2.78. The lowest BCUT2D eigenvalue weighted by atomic mass is 10.0. The Morgan fingerprint density at radius 3 is 2.42 bits per heavy atom. The molecule has 2 aliphatic rings. The lowest BCUT2D eigenvalue weighted by Crippen LogP contribution is -2.46. The molecule has 2 saturated heterocycles. The Bertz CT molecular complexity index is 431. The fourth-order valence-corrected chi connectivity index (χ4v) is 4.07. The van der Waals surface area contributed by atoms with E-state index in [9.17, 15) is 13.2 Å². The molecule has 0 radical (unpaired) electrons. The lowest BCUT2D eigenvalue weighted by molar-refractivity contribution is -0.134. The van der Waals surface area contributed by atoms with Crippen LogP contribution in [0.5, 0.6) is 0 Å². The summed E-state index contributed by atoms with van der Waals surface area (Å²) in [5, 5.41) is 8.62. The van der Waals surface area contributed by atoms with Crippen molar-refractivity contribution in [3.8, 4) is 0 Å². The number of aliphatic carboxylic acids is 1. The van der Waals surface area contributed by atoms with Crippen molar-refractivity contribution in [2.75, 3.05) is 31.9 Å². The van der Waals surface area contributed by atoms with Gasteiger partial charge >= 0.3 is 5.97 Å². The van der Waals surface area contributed by atoms with E-state index in [-0.39, 0.29) is 12.1 Å². The van der Waals surface area contributed by atoms with Crippen LogP contribution in [-0.2, 0) is 14.8 Å². The second-order valence-electron chi connectivity index (χ2n) is 5.32. The van der Waals surface area contributed by atoms with Gasteiger partial charge in [0.25, 0.3) is 0 Å². The Kier molecular flexibility index (Phi) is 4.44. The molecule has 0 aliphatic carbocycles. The summed E-state index contributed by atoms with van der Waals surface area (Å²) in [6.07, 6.45) is 2.66. The second kappa shape index (κ2) is 5.74. The van der Waals surface area contributed by atoms with Crippen molar-refractivity contribution >= 4 is 16.0 Å². The van der Waals surface area contributed by atoms with E-state index in [1.165, 1.54) is 4.31 Å². The lowest BCUT2D eigenvalue weighted by Gasteiger charge is -2.34. The number of nitrogens with zero attached hydrogens (tertiary/aromatic N) is 2. The van der Waals surface area contributed by atoms with Crippen LogP contribution in [0.1, 0.15) is 19.3 Å². The van der Waals surface area contributed by atoms with E-state index in [0.29, 0.717) is 13.1 Å². The van der Waals surface area contributed by atoms with Crippen molar-refractivity contribution in [1.29, 1.82) is 0 Å². The van der Waals surface area contributed by atoms with Crippen LogP contribution in [0.3, 0.4) is 0 Å². The van der Waals surface area contributed by atoms with E-state index >= 15 is 0 Å². The summed E-state index contributed by atoms with van der Waals surface area (Å²) < 4.78 is 25.0. The Morgan fingerprint density at radius 2 is 1.84 bits per heavy atom. The van der Waals surface area contributed by atoms with E-state index in [2.05, 4.69) is 4.90 Å². The van der Waals surface area contributed by atoms with Gasteiger partial charge in [0, 0.05) is 25.2 Å². The first-order valence-electron chi connectivity index (χ1n) is 6.58. The number of nitrogens with two attached hydrogens (primary N) is 1. The number of rotatable bonds is 4. The van der Waals surface area contributed by atoms with Crippen molar-refractivity contribution in [3.63, 3.8) is 0 Å². The minimum atomic E-state index is -3.66. The Labute approximate surface area is 113 Å². The van der Waals surface area contributed by atoms with Crippen LogP contribution in [-0.4, -0.2) is 72.7 Å². The van der Waals surface area contributed by atoms with Gasteiger partial charge < -0.3 is 10.8 Å². The highest BCUT2D eigenvalue weighted by molar-refractivity contribution is 7.89. The Hall–Kier alpha value is -0.700. The van der Waals surface area contributed by atoms with E-state index in [1.807, 2.05) is 0 Å². The first-order valence-corrected chi connectivity index (χ1v) is 8.18. The molecule has 2 fully saturated rings. The summed E-state index contributed by atoms with van der Waals surface area (Å²) in [5.74, 6) is -2.11. The molecule has 0 bridgehead atoms. The number of carboxylic acids is 1. The summed E-state index contributed by atoms with van der Waals surface area (Å²) in [6, 6.07) is 0.459. The number of carbonyl (C=O) groups is 1. The molecule has 0 aromatic heterocycles. The van der Waals surface area contributed by atoms with Crippen LogP contribution in [0.15, 0.2) is 0 Å². The summed E-state index contributed by atoms with van der Waals surface area (Å²) in [4.78, 5) is 12.8. The molecule has 0 amide bonds. The van der Waals surface area contributed by atoms with Gasteiger partial charge in [0.2, 0.25) is 10.0 Å². The molecule has 3 N–H and O–H groups in total. The molecule has 0 aromatic rings. The molecule has 7 nitrogen and oxygen atoms in total. The highest BCUT2D eigenvalue weighted by Gasteiger charge is 2.36. The Balaban J connectivity index is 1.91. The normalized spacial score (nSPS) is 27.7. The largest absolute Gasteiger partial charge is 0.480 e. The third kappa shape index (κ3) is 3.65. The molecule has 0 aromatic carbocycles. The monoisotopic (exact) mass is 291 g/mol. The number of piperidine rings is 1. The van der Waals surface area contributed by atoms with Crippen LogP contribution < -0.4 is 5.73 Å². The van der Waals surface area contributed by atoms with Gasteiger partial charge in [-0.1, -0.05) is 0 Å². The summed E-state index contributed by atoms with van der Waals surface area (Å²) in [6.45, 7) is 2.63. The predicted octanol–water partition coefficient (Wildman–Crippen LogP) is -1.10. The van der Waals surface area contributed by atoms with E-state index in [1.54, 1.807) is 0 Å². The highest BCUT2D eigenvalue weighted by Crippen LogP contribution is 2.22. The number of hydrogen-bond donors (Lipinski definition) is 2. The maximum atomic E-state index is 11.8. The van der Waals surface area contributed by atoms with Crippen molar-refractivity contribution < 1.29 is 18.3 Å². The molecule has 0 spiro atoms. The van der Waals surface area contributed by atoms with Gasteiger partial charge in [-0.3, -0.25) is 9.69 Å². The molecule has 8 heteroatoms. The van der Waals surface area contributed by atoms with Crippen LogP contribution in [0.2, 0.25) is 0 Å². The molecule has 2 heterocycles. The maximum absolute atomic E-state index is 11.8. The molecule has 1 atom stereocenters. The standard InChI is InChI=1S/C11H21N3O4S/c12-9-1-4-13(5-2-9)10-3-6-14(7-10)19(17,18)8-11(15)16/h9-10H,1-8,12H2,(H,15,16). The molecular weight excluding hydrogens is 270 g/mol. The number of hydrogen-bond acceptors (Lipinski definition) is 5. The van der Waals surface area contributed by atoms with Crippen molar-refractivity contribution in [3.05, 3.63) is 0 Å². The molecule has 110 valence electrons. The van der Waals surface area contributed by atoms with E-state index in [4.69, 9.17) is 10.8 Å². The second-order valence-corrected chi connectivity index (χ2v) is 7.29. The number of carboxylic acid groups (broad SMARTS) is 1. The highest BCUT2D eigenvalue weighted by atomic mass is 32.2. The van der Waals surface area contributed by atoms with Gasteiger partial charge in [-0.25, -0.2) is 8.42 Å². The molecule has 2 rings (SSSR count). The van der Waals surface area contributed by atoms with Gasteiger partial charge in [0.05, 0.1) is 0 Å². The maximum Gasteiger partial charge on any atom is 0.320 e. The topological polar surface area (TPSA) is 104 Å². The predicted molar refractivity (Wildman–Crippen MR) is 70.2 cm³/mol. The SMILES string of the molecule is NC1CCN(C2CCN(S(=O)(=O)CC(=O)O)C2)CC1. The van der Waals surface area contributed by atoms with E-state index < -0.39 is 21.7 Å². The number of sulfonamides is 1. The minimum absolute atomic E-state index is 0.205. The summed E-state index contributed by atoms with van der Waals surface area (Å²) in [7, 11) is -3.66. The van der Waals surface area contributed by atoms with Crippen LogP contribution in [0, 0.1) is 0 Å². The average molecular weight is 291 g/mol. The molecular formula is C11H21N3O4S. The third-order valence-corrected chi connectivity index (χ3v) is 5.65. The smallest absolute Gasteiger partial charge is 0.320 e. The van der Waals surface area contributed by atoms with E-state index in [0.717, 1.165) is 32.4 Å². The zero-order valence-corrected chi connectivity index (χ0v) is 11.7. The summed E-state index contributed by atoms with van der Waals surface area (Å²) >= 11 is 0. The first kappa shape index (κ1) is 14.7. The fraction of sp³-hybridized carbons (Fsp3) is 0.909. The molecule has 19 heavy (non-hydrogen) atoms. The Morgan fingerprint density at radius 1 is 1.21 bits per heavy atom. The van der Waals surface area contributed by atoms with Gasteiger partial charge in [-0.2, -0.15) is 4.31 Å². The third-order valence-electron chi connectivity index (χ3n) is 3.92. The number of likely N-dealkylation sites (tertiary alicyclic amines) is 1. The van der Waals surface area contributed by atoms with Gasteiger partial charge in [0.15, 0.2) is 5.75 Å². The quantitative estimate of drug-likeness (QED) is 0.681. The van der Waals surface area contributed by atoms with Crippen LogP contribution in [0.4, 0.5) is 0 Å². The molecule has 2 aliphatic heterocycles. The van der Waals surface area contributed by atoms with Crippen LogP contribution in [0.25, 0.3) is 0 Å². The fourth-order valence-electron chi connectivity index (χ4n) is 2.79. The molecule has 0 saturated carbocycles. The molecule has 1 unspecified atom stereocenters. The van der Waals surface area contributed by atoms with Gasteiger partial charge in [-0.15, -0.1) is 0 Å². The zero-order valence-electron chi connectivity index (χ0n) is 10.9.